The molecule has 264 valence electrons. The predicted molar refractivity (Wildman–Crippen MR) is 189 cm³/mol. The van der Waals surface area contributed by atoms with Gasteiger partial charge in [0.1, 0.15) is 12.4 Å². The molecular weight excluding hydrogens is 650 g/mol. The quantitative estimate of drug-likeness (QED) is 0.400. The fraction of sp³-hybridized carbons (Fsp3) is 0.649. The molecule has 2 bridgehead atoms. The molecule has 0 radical (unpaired) electrons. The number of likely N-dealkylation sites (N-methyl/N-ethyl adjacent to an activating group) is 1. The van der Waals surface area contributed by atoms with Gasteiger partial charge >= 0.3 is 0 Å². The van der Waals surface area contributed by atoms with Crippen molar-refractivity contribution in [3.05, 3.63) is 58.1 Å². The van der Waals surface area contributed by atoms with Crippen LogP contribution in [0, 0.1) is 23.7 Å². The molecule has 9 nitrogen and oxygen atoms in total. The van der Waals surface area contributed by atoms with Crippen molar-refractivity contribution in [3.8, 4) is 5.75 Å². The summed E-state index contributed by atoms with van der Waals surface area (Å²) in [5.74, 6) is 1.04. The Morgan fingerprint density at radius 2 is 1.81 bits per heavy atom. The minimum Gasteiger partial charge on any atom is -0.487 e. The third kappa shape index (κ3) is 8.15. The molecule has 2 aromatic rings. The van der Waals surface area contributed by atoms with E-state index in [0.29, 0.717) is 36.4 Å². The summed E-state index contributed by atoms with van der Waals surface area (Å²) in [6.07, 6.45) is 7.40. The second kappa shape index (κ2) is 15.3. The standard InChI is InChI=1S/C37H52ClN3O6S/c1-24-8-7-10-33(37-46-23-31(47-37)21-40(3)4)32-15-12-28(32)20-41-17-6-5-9-26-18-30(38)14-11-29(26)22-45-35-16-13-27(19-34(35)41)36(42)39-48(43,44)25(24)2/h11,13-14,16,18-19,24-25,28,31-33,37H,5-10,12,15,17,20-23H2,1-4H3,(H,39,42)/t24-,25+,28-,31+,32+,33-,37+/m0/s1. The van der Waals surface area contributed by atoms with Crippen molar-refractivity contribution in [2.24, 2.45) is 23.7 Å². The highest BCUT2D eigenvalue weighted by atomic mass is 35.5. The highest BCUT2D eigenvalue weighted by Gasteiger charge is 2.45. The molecule has 1 N–H and O–H groups in total. The van der Waals surface area contributed by atoms with E-state index in [2.05, 4.69) is 28.6 Å². The molecule has 1 aliphatic carbocycles. The third-order valence-electron chi connectivity index (χ3n) is 11.1. The van der Waals surface area contributed by atoms with Crippen LogP contribution in [0.2, 0.25) is 5.02 Å². The van der Waals surface area contributed by atoms with E-state index >= 15 is 0 Å². The van der Waals surface area contributed by atoms with Crippen LogP contribution in [0.1, 0.15) is 80.3 Å². The fourth-order valence-corrected chi connectivity index (χ4v) is 9.50. The Morgan fingerprint density at radius 1 is 0.979 bits per heavy atom. The summed E-state index contributed by atoms with van der Waals surface area (Å²) >= 11 is 6.37. The lowest BCUT2D eigenvalue weighted by molar-refractivity contribution is -0.134. The lowest BCUT2D eigenvalue weighted by Gasteiger charge is -2.46. The SMILES string of the molecule is C[C@@H]1[C@@H](C)CCC[C@H]([C@@H]2OC[C@@H](CN(C)C)O2)[C@@H]2CC[C@H]2CN2CCCCc3cc(Cl)ccc3COc3ccc(cc32)C(=O)NS1(=O)=O. The number of carbonyl (C=O) groups is 1. The van der Waals surface area contributed by atoms with Gasteiger partial charge in [0, 0.05) is 36.1 Å². The number of amides is 1. The van der Waals surface area contributed by atoms with Gasteiger partial charge < -0.3 is 24.0 Å². The number of anilines is 1. The summed E-state index contributed by atoms with van der Waals surface area (Å²) in [5.41, 5.74) is 3.42. The molecule has 48 heavy (non-hydrogen) atoms. The summed E-state index contributed by atoms with van der Waals surface area (Å²) in [4.78, 5) is 18.0. The van der Waals surface area contributed by atoms with Crippen LogP contribution in [0.4, 0.5) is 5.69 Å². The summed E-state index contributed by atoms with van der Waals surface area (Å²) in [6.45, 7) is 7.07. The van der Waals surface area contributed by atoms with Crippen LogP contribution < -0.4 is 14.4 Å². The zero-order valence-corrected chi connectivity index (χ0v) is 30.4. The minimum atomic E-state index is -3.90. The number of rotatable bonds is 3. The Balaban J connectivity index is 1.35. The number of hydrogen-bond donors (Lipinski definition) is 1. The van der Waals surface area contributed by atoms with E-state index in [1.807, 2.05) is 37.3 Å². The smallest absolute Gasteiger partial charge is 0.264 e. The van der Waals surface area contributed by atoms with Crippen molar-refractivity contribution in [3.63, 3.8) is 0 Å². The van der Waals surface area contributed by atoms with Crippen LogP contribution in [0.5, 0.6) is 5.75 Å². The van der Waals surface area contributed by atoms with Crippen molar-refractivity contribution in [1.82, 2.24) is 9.62 Å². The van der Waals surface area contributed by atoms with Gasteiger partial charge in [0.2, 0.25) is 10.0 Å². The summed E-state index contributed by atoms with van der Waals surface area (Å²) in [6, 6.07) is 11.3. The first-order chi connectivity index (χ1) is 23.0. The Kier molecular flexibility index (Phi) is 11.3. The molecule has 2 aromatic carbocycles. The van der Waals surface area contributed by atoms with Gasteiger partial charge in [-0.05, 0) is 125 Å². The first-order valence-corrected chi connectivity index (χ1v) is 19.7. The van der Waals surface area contributed by atoms with Crippen molar-refractivity contribution in [2.75, 3.05) is 45.2 Å². The fourth-order valence-electron chi connectivity index (χ4n) is 7.99. The van der Waals surface area contributed by atoms with Crippen LogP contribution in [-0.4, -0.2) is 77.2 Å². The molecule has 7 atom stereocenters. The first kappa shape index (κ1) is 35.5. The third-order valence-corrected chi connectivity index (χ3v) is 13.3. The average Bonchev–Trinajstić information content (AvgIpc) is 3.48. The van der Waals surface area contributed by atoms with Crippen LogP contribution in [0.3, 0.4) is 0 Å². The zero-order chi connectivity index (χ0) is 34.0. The Morgan fingerprint density at radius 3 is 2.58 bits per heavy atom. The highest BCUT2D eigenvalue weighted by Crippen LogP contribution is 2.47. The average molecular weight is 702 g/mol. The Bertz CT molecular complexity index is 1550. The molecule has 3 heterocycles. The second-order valence-corrected chi connectivity index (χ2v) is 17.2. The molecule has 0 unspecified atom stereocenters. The number of carbonyl (C=O) groups excluding carboxylic acids is 1. The largest absolute Gasteiger partial charge is 0.487 e. The monoisotopic (exact) mass is 701 g/mol. The molecule has 11 heteroatoms. The number of sulfonamides is 1. The van der Waals surface area contributed by atoms with Gasteiger partial charge in [0.15, 0.2) is 6.29 Å². The van der Waals surface area contributed by atoms with E-state index in [-0.39, 0.29) is 24.2 Å². The van der Waals surface area contributed by atoms with Crippen molar-refractivity contribution in [2.45, 2.75) is 89.5 Å². The highest BCUT2D eigenvalue weighted by molar-refractivity contribution is 7.90. The molecule has 1 saturated carbocycles. The minimum absolute atomic E-state index is 0.0454. The van der Waals surface area contributed by atoms with Gasteiger partial charge in [-0.15, -0.1) is 0 Å². The maximum absolute atomic E-state index is 13.5. The summed E-state index contributed by atoms with van der Waals surface area (Å²) in [5, 5.41) is -0.000716. The number of benzene rings is 2. The van der Waals surface area contributed by atoms with E-state index in [1.165, 1.54) is 5.56 Å². The number of ether oxygens (including phenoxy) is 3. The maximum Gasteiger partial charge on any atom is 0.264 e. The number of aryl methyl sites for hydroxylation is 1. The van der Waals surface area contributed by atoms with Gasteiger partial charge in [-0.25, -0.2) is 13.1 Å². The van der Waals surface area contributed by atoms with Crippen molar-refractivity contribution < 1.29 is 27.4 Å². The Labute approximate surface area is 291 Å². The van der Waals surface area contributed by atoms with Gasteiger partial charge in [-0.1, -0.05) is 31.0 Å². The molecular formula is C37H52ClN3O6S. The first-order valence-electron chi connectivity index (χ1n) is 17.8. The van der Waals surface area contributed by atoms with Crippen LogP contribution in [0.15, 0.2) is 36.4 Å². The zero-order valence-electron chi connectivity index (χ0n) is 28.8. The molecule has 1 amide bonds. The molecule has 0 spiro atoms. The van der Waals surface area contributed by atoms with E-state index in [9.17, 15) is 13.2 Å². The molecule has 1 saturated heterocycles. The van der Waals surface area contributed by atoms with E-state index in [1.54, 1.807) is 13.0 Å². The van der Waals surface area contributed by atoms with E-state index in [0.717, 1.165) is 87.3 Å². The molecule has 4 aliphatic rings. The van der Waals surface area contributed by atoms with Crippen molar-refractivity contribution in [1.29, 1.82) is 0 Å². The van der Waals surface area contributed by atoms with Crippen LogP contribution in [-0.2, 0) is 32.5 Å². The number of hydrogen-bond acceptors (Lipinski definition) is 8. The number of halogens is 1. The molecule has 3 aliphatic heterocycles. The summed E-state index contributed by atoms with van der Waals surface area (Å²) in [7, 11) is 0.210. The Hall–Kier alpha value is -2.37. The topological polar surface area (TPSA) is 97.4 Å². The van der Waals surface area contributed by atoms with Gasteiger partial charge in [0.05, 0.1) is 23.6 Å². The molecule has 6 rings (SSSR count). The lowest BCUT2D eigenvalue weighted by Crippen LogP contribution is -2.45. The predicted octanol–water partition coefficient (Wildman–Crippen LogP) is 6.28. The molecule has 2 fully saturated rings. The molecule has 0 aromatic heterocycles. The van der Waals surface area contributed by atoms with Gasteiger partial charge in [0.25, 0.3) is 5.91 Å². The number of nitrogens with one attached hydrogen (secondary N) is 1. The summed E-state index contributed by atoms with van der Waals surface area (Å²) < 4.78 is 48.7. The maximum atomic E-state index is 13.5. The number of fused-ring (bicyclic) bond motifs is 3. The van der Waals surface area contributed by atoms with Gasteiger partial charge in [-0.2, -0.15) is 0 Å². The normalized spacial score (nSPS) is 31.4. The van der Waals surface area contributed by atoms with Crippen LogP contribution >= 0.6 is 11.6 Å². The van der Waals surface area contributed by atoms with E-state index in [4.69, 9.17) is 25.8 Å². The van der Waals surface area contributed by atoms with E-state index < -0.39 is 21.2 Å². The van der Waals surface area contributed by atoms with Crippen LogP contribution in [0.25, 0.3) is 0 Å². The second-order valence-electron chi connectivity index (χ2n) is 14.8. The van der Waals surface area contributed by atoms with Crippen molar-refractivity contribution >= 4 is 33.2 Å². The number of nitrogens with zero attached hydrogens (tertiary/aromatic N) is 2. The lowest BCUT2D eigenvalue weighted by atomic mass is 9.65. The van der Waals surface area contributed by atoms with Gasteiger partial charge in [-0.3, -0.25) is 4.79 Å².